The molecule has 0 aliphatic carbocycles. The zero-order chi connectivity index (χ0) is 13.0. The Morgan fingerprint density at radius 2 is 2.06 bits per heavy atom. The number of benzene rings is 1. The summed E-state index contributed by atoms with van der Waals surface area (Å²) < 4.78 is 0. The van der Waals surface area contributed by atoms with Crippen LogP contribution < -0.4 is 5.73 Å². The number of hydrogen-bond acceptors (Lipinski definition) is 3. The molecule has 0 unspecified atom stereocenters. The number of nitrogen functional groups attached to an aromatic ring is 1. The second-order valence-electron chi connectivity index (χ2n) is 3.72. The van der Waals surface area contributed by atoms with Gasteiger partial charge in [-0.05, 0) is 18.2 Å². The van der Waals surface area contributed by atoms with Gasteiger partial charge >= 0.3 is 0 Å². The quantitative estimate of drug-likeness (QED) is 0.434. The minimum atomic E-state index is 0.273. The van der Waals surface area contributed by atoms with Crippen LogP contribution in [0.1, 0.15) is 11.3 Å². The van der Waals surface area contributed by atoms with Crippen LogP contribution >= 0.6 is 0 Å². The molecule has 0 aliphatic rings. The highest BCUT2D eigenvalue weighted by atomic mass is 14.7. The molecule has 0 aliphatic heterocycles. The fourth-order valence-corrected chi connectivity index (χ4v) is 1.81. The molecule has 1 aromatic heterocycles. The zero-order valence-corrected chi connectivity index (χ0v) is 9.64. The van der Waals surface area contributed by atoms with E-state index in [1.54, 1.807) is 12.3 Å². The summed E-state index contributed by atoms with van der Waals surface area (Å²) in [6.45, 7) is 0. The van der Waals surface area contributed by atoms with Gasteiger partial charge in [-0.1, -0.05) is 18.2 Å². The molecule has 4 N–H and O–H groups in total. The highest BCUT2D eigenvalue weighted by Gasteiger charge is 2.13. The zero-order valence-electron chi connectivity index (χ0n) is 9.64. The number of rotatable bonds is 3. The summed E-state index contributed by atoms with van der Waals surface area (Å²) in [7, 11) is 0. The van der Waals surface area contributed by atoms with Crippen LogP contribution in [-0.2, 0) is 0 Å². The van der Waals surface area contributed by atoms with E-state index in [1.807, 2.05) is 36.4 Å². The molecule has 0 saturated heterocycles. The number of nitriles is 1. The standard InChI is InChI=1S/C14H12N4/c15-8-10(9-16)14(13-6-3-7-18-13)11-4-1-2-5-12(11)17/h1-8,15,18H,17H2/b14-10+,15-8?. The van der Waals surface area contributed by atoms with Crippen LogP contribution in [-0.4, -0.2) is 11.2 Å². The highest BCUT2D eigenvalue weighted by molar-refractivity contribution is 6.00. The van der Waals surface area contributed by atoms with Crippen molar-refractivity contribution in [1.82, 2.24) is 4.98 Å². The van der Waals surface area contributed by atoms with Crippen molar-refractivity contribution in [2.75, 3.05) is 5.73 Å². The van der Waals surface area contributed by atoms with Gasteiger partial charge in [0, 0.05) is 34.9 Å². The molecule has 2 aromatic rings. The molecule has 0 spiro atoms. The van der Waals surface area contributed by atoms with E-state index < -0.39 is 0 Å². The lowest BCUT2D eigenvalue weighted by Gasteiger charge is -2.10. The van der Waals surface area contributed by atoms with E-state index in [4.69, 9.17) is 16.4 Å². The molecule has 1 heterocycles. The van der Waals surface area contributed by atoms with Crippen molar-refractivity contribution >= 4 is 17.5 Å². The van der Waals surface area contributed by atoms with Crippen molar-refractivity contribution in [3.05, 3.63) is 59.4 Å². The van der Waals surface area contributed by atoms with Gasteiger partial charge in [0.15, 0.2) is 0 Å². The first-order valence-corrected chi connectivity index (χ1v) is 5.41. The van der Waals surface area contributed by atoms with Crippen molar-refractivity contribution < 1.29 is 0 Å². The lowest BCUT2D eigenvalue weighted by atomic mass is 9.96. The van der Waals surface area contributed by atoms with Gasteiger partial charge in [0.2, 0.25) is 0 Å². The molecule has 88 valence electrons. The van der Waals surface area contributed by atoms with Crippen molar-refractivity contribution in [1.29, 1.82) is 10.7 Å². The number of para-hydroxylation sites is 1. The maximum Gasteiger partial charge on any atom is 0.101 e. The van der Waals surface area contributed by atoms with E-state index in [9.17, 15) is 0 Å². The number of aromatic amines is 1. The predicted octanol–water partition coefficient (Wildman–Crippen LogP) is 2.57. The van der Waals surface area contributed by atoms with Gasteiger partial charge in [0.25, 0.3) is 0 Å². The predicted molar refractivity (Wildman–Crippen MR) is 72.1 cm³/mol. The van der Waals surface area contributed by atoms with E-state index >= 15 is 0 Å². The number of anilines is 1. The maximum atomic E-state index is 9.13. The normalized spacial score (nSPS) is 11.5. The Hall–Kier alpha value is -2.80. The number of nitrogens with one attached hydrogen (secondary N) is 2. The van der Waals surface area contributed by atoms with E-state index in [1.165, 1.54) is 0 Å². The molecule has 18 heavy (non-hydrogen) atoms. The third kappa shape index (κ3) is 2.02. The average Bonchev–Trinajstić information content (AvgIpc) is 2.90. The van der Waals surface area contributed by atoms with Crippen LogP contribution in [0.15, 0.2) is 48.2 Å². The molecule has 1 aromatic carbocycles. The monoisotopic (exact) mass is 236 g/mol. The van der Waals surface area contributed by atoms with Gasteiger partial charge in [-0.15, -0.1) is 0 Å². The van der Waals surface area contributed by atoms with Gasteiger partial charge in [-0.25, -0.2) is 0 Å². The van der Waals surface area contributed by atoms with Gasteiger partial charge in [-0.3, -0.25) is 0 Å². The first-order chi connectivity index (χ1) is 8.77. The summed E-state index contributed by atoms with van der Waals surface area (Å²) >= 11 is 0. The fraction of sp³-hybridized carbons (Fsp3) is 0. The first kappa shape index (κ1) is 11.7. The van der Waals surface area contributed by atoms with Gasteiger partial charge in [0.05, 0.1) is 5.57 Å². The number of aromatic nitrogens is 1. The molecule has 4 heteroatoms. The molecule has 0 amide bonds. The van der Waals surface area contributed by atoms with Crippen molar-refractivity contribution in [3.8, 4) is 6.07 Å². The molecule has 4 nitrogen and oxygen atoms in total. The lowest BCUT2D eigenvalue weighted by molar-refractivity contribution is 1.34. The fourth-order valence-electron chi connectivity index (χ4n) is 1.81. The second-order valence-corrected chi connectivity index (χ2v) is 3.72. The number of H-pyrrole nitrogens is 1. The third-order valence-corrected chi connectivity index (χ3v) is 2.63. The first-order valence-electron chi connectivity index (χ1n) is 5.41. The minimum absolute atomic E-state index is 0.273. The van der Waals surface area contributed by atoms with E-state index in [2.05, 4.69) is 4.98 Å². The molecule has 0 bridgehead atoms. The number of nitrogens with zero attached hydrogens (tertiary/aromatic N) is 1. The van der Waals surface area contributed by atoms with Gasteiger partial charge in [0.1, 0.15) is 6.07 Å². The Balaban J connectivity index is 2.73. The highest BCUT2D eigenvalue weighted by Crippen LogP contribution is 2.29. The number of nitrogens with two attached hydrogens (primary N) is 1. The minimum Gasteiger partial charge on any atom is -0.398 e. The summed E-state index contributed by atoms with van der Waals surface area (Å²) in [5.41, 5.74) is 8.97. The SMILES string of the molecule is N#C/C(C=N)=C(/c1ccc[nH]1)c1ccccc1N. The molecule has 0 atom stereocenters. The van der Waals surface area contributed by atoms with E-state index in [0.29, 0.717) is 11.3 Å². The van der Waals surface area contributed by atoms with Gasteiger partial charge in [-0.2, -0.15) is 5.26 Å². The average molecular weight is 236 g/mol. The third-order valence-electron chi connectivity index (χ3n) is 2.63. The van der Waals surface area contributed by atoms with Crippen LogP contribution in [0.5, 0.6) is 0 Å². The van der Waals surface area contributed by atoms with Crippen LogP contribution in [0.25, 0.3) is 5.57 Å². The van der Waals surface area contributed by atoms with Crippen molar-refractivity contribution in [3.63, 3.8) is 0 Å². The van der Waals surface area contributed by atoms with Crippen molar-refractivity contribution in [2.24, 2.45) is 0 Å². The van der Waals surface area contributed by atoms with Crippen molar-refractivity contribution in [2.45, 2.75) is 0 Å². The largest absolute Gasteiger partial charge is 0.398 e. The maximum absolute atomic E-state index is 9.13. The van der Waals surface area contributed by atoms with E-state index in [0.717, 1.165) is 17.5 Å². The Morgan fingerprint density at radius 1 is 1.28 bits per heavy atom. The topological polar surface area (TPSA) is 89.5 Å². The summed E-state index contributed by atoms with van der Waals surface area (Å²) in [6.07, 6.45) is 2.82. The van der Waals surface area contributed by atoms with Crippen LogP contribution in [0.4, 0.5) is 5.69 Å². The molecule has 2 rings (SSSR count). The van der Waals surface area contributed by atoms with Crippen LogP contribution in [0.2, 0.25) is 0 Å². The molecule has 0 radical (unpaired) electrons. The Morgan fingerprint density at radius 3 is 2.61 bits per heavy atom. The summed E-state index contributed by atoms with van der Waals surface area (Å²) in [5.74, 6) is 0. The number of allylic oxidation sites excluding steroid dienone is 1. The summed E-state index contributed by atoms with van der Waals surface area (Å²) in [4.78, 5) is 3.04. The second kappa shape index (κ2) is 5.02. The molecule has 0 saturated carbocycles. The Bertz CT molecular complexity index is 630. The van der Waals surface area contributed by atoms with Gasteiger partial charge < -0.3 is 16.1 Å². The number of hydrogen-bond donors (Lipinski definition) is 3. The molecular weight excluding hydrogens is 224 g/mol. The van der Waals surface area contributed by atoms with E-state index in [-0.39, 0.29) is 5.57 Å². The lowest BCUT2D eigenvalue weighted by Crippen LogP contribution is -1.99. The summed E-state index contributed by atoms with van der Waals surface area (Å²) in [6, 6.07) is 13.0. The Labute approximate surface area is 105 Å². The molecular formula is C14H12N4. The molecule has 0 fully saturated rings. The Kier molecular flexibility index (Phi) is 3.26. The van der Waals surface area contributed by atoms with Crippen LogP contribution in [0.3, 0.4) is 0 Å². The van der Waals surface area contributed by atoms with Crippen LogP contribution in [0, 0.1) is 16.7 Å². The summed E-state index contributed by atoms with van der Waals surface area (Å²) in [5, 5.41) is 16.5. The smallest absolute Gasteiger partial charge is 0.101 e.